The number of hydrogen-bond donors (Lipinski definition) is 1. The first-order chi connectivity index (χ1) is 8.70. The van der Waals surface area contributed by atoms with E-state index in [1.165, 1.54) is 10.9 Å². The van der Waals surface area contributed by atoms with Crippen LogP contribution in [0, 0.1) is 6.92 Å². The Bertz CT molecular complexity index is 525. The van der Waals surface area contributed by atoms with Gasteiger partial charge in [0.2, 0.25) is 0 Å². The fourth-order valence-corrected chi connectivity index (χ4v) is 2.18. The molecule has 0 saturated carbocycles. The molecule has 0 spiro atoms. The first-order valence-electron chi connectivity index (χ1n) is 6.45. The Hall–Kier alpha value is -1.09. The van der Waals surface area contributed by atoms with Gasteiger partial charge < -0.3 is 5.32 Å². The largest absolute Gasteiger partial charge is 0.370 e. The summed E-state index contributed by atoms with van der Waals surface area (Å²) >= 11 is 3.65. The highest BCUT2D eigenvalue weighted by Gasteiger charge is 2.04. The summed E-state index contributed by atoms with van der Waals surface area (Å²) in [5.41, 5.74) is 2.26. The number of aryl methyl sites for hydroxylation is 1. The molecule has 0 aliphatic rings. The second kappa shape index (κ2) is 6.19. The van der Waals surface area contributed by atoms with E-state index in [0.29, 0.717) is 4.83 Å². The standard InChI is InChI=1S/C15H19BrN2/c1-3-13(16)8-9-17-15-11(2)10-12-6-4-5-7-14(12)18-15/h4-7,10,13H,3,8-9H2,1-2H3,(H,17,18). The van der Waals surface area contributed by atoms with Gasteiger partial charge in [0.05, 0.1) is 5.52 Å². The average Bonchev–Trinajstić information content (AvgIpc) is 2.39. The molecule has 1 unspecified atom stereocenters. The van der Waals surface area contributed by atoms with Crippen LogP contribution in [0.3, 0.4) is 0 Å². The minimum absolute atomic E-state index is 0.589. The Morgan fingerprint density at radius 3 is 2.89 bits per heavy atom. The molecule has 0 bridgehead atoms. The van der Waals surface area contributed by atoms with Crippen molar-refractivity contribution in [3.8, 4) is 0 Å². The molecule has 0 saturated heterocycles. The number of para-hydroxylation sites is 1. The fraction of sp³-hybridized carbons (Fsp3) is 0.400. The maximum Gasteiger partial charge on any atom is 0.129 e. The zero-order chi connectivity index (χ0) is 13.0. The smallest absolute Gasteiger partial charge is 0.129 e. The first kappa shape index (κ1) is 13.3. The molecule has 2 rings (SSSR count). The highest BCUT2D eigenvalue weighted by Crippen LogP contribution is 2.19. The van der Waals surface area contributed by atoms with Crippen molar-refractivity contribution >= 4 is 32.7 Å². The Kier molecular flexibility index (Phi) is 4.59. The minimum Gasteiger partial charge on any atom is -0.370 e. The number of nitrogens with one attached hydrogen (secondary N) is 1. The van der Waals surface area contributed by atoms with Gasteiger partial charge in [0, 0.05) is 16.8 Å². The fourth-order valence-electron chi connectivity index (χ4n) is 1.95. The third kappa shape index (κ3) is 3.22. The molecular formula is C15H19BrN2. The Morgan fingerprint density at radius 1 is 1.33 bits per heavy atom. The third-order valence-corrected chi connectivity index (χ3v) is 4.21. The lowest BCUT2D eigenvalue weighted by Crippen LogP contribution is -2.09. The summed E-state index contributed by atoms with van der Waals surface area (Å²) in [6.07, 6.45) is 2.27. The van der Waals surface area contributed by atoms with E-state index in [2.05, 4.69) is 58.3 Å². The lowest BCUT2D eigenvalue weighted by Gasteiger charge is -2.11. The number of anilines is 1. The Balaban J connectivity index is 2.10. The van der Waals surface area contributed by atoms with Gasteiger partial charge in [0.1, 0.15) is 5.82 Å². The summed E-state index contributed by atoms with van der Waals surface area (Å²) < 4.78 is 0. The molecule has 3 heteroatoms. The molecule has 2 nitrogen and oxygen atoms in total. The molecule has 2 aromatic rings. The van der Waals surface area contributed by atoms with Gasteiger partial charge in [-0.1, -0.05) is 41.1 Å². The van der Waals surface area contributed by atoms with E-state index < -0.39 is 0 Å². The summed E-state index contributed by atoms with van der Waals surface area (Å²) in [7, 11) is 0. The monoisotopic (exact) mass is 306 g/mol. The lowest BCUT2D eigenvalue weighted by atomic mass is 10.1. The van der Waals surface area contributed by atoms with Crippen molar-refractivity contribution in [3.63, 3.8) is 0 Å². The molecule has 0 aliphatic carbocycles. The van der Waals surface area contributed by atoms with Crippen molar-refractivity contribution < 1.29 is 0 Å². The molecule has 1 aromatic carbocycles. The number of rotatable bonds is 5. The van der Waals surface area contributed by atoms with Gasteiger partial charge in [-0.15, -0.1) is 0 Å². The molecule has 0 radical (unpaired) electrons. The van der Waals surface area contributed by atoms with E-state index >= 15 is 0 Å². The molecule has 1 N–H and O–H groups in total. The number of aromatic nitrogens is 1. The predicted molar refractivity (Wildman–Crippen MR) is 82.6 cm³/mol. The van der Waals surface area contributed by atoms with Crippen LogP contribution in [0.5, 0.6) is 0 Å². The number of halogens is 1. The van der Waals surface area contributed by atoms with E-state index in [1.807, 2.05) is 12.1 Å². The number of pyridine rings is 1. The number of nitrogens with zero attached hydrogens (tertiary/aromatic N) is 1. The summed E-state index contributed by atoms with van der Waals surface area (Å²) in [6, 6.07) is 10.4. The van der Waals surface area contributed by atoms with E-state index in [-0.39, 0.29) is 0 Å². The average molecular weight is 307 g/mol. The van der Waals surface area contributed by atoms with Gasteiger partial charge in [-0.3, -0.25) is 0 Å². The third-order valence-electron chi connectivity index (χ3n) is 3.11. The quantitative estimate of drug-likeness (QED) is 0.822. The van der Waals surface area contributed by atoms with Crippen LogP contribution in [0.2, 0.25) is 0 Å². The van der Waals surface area contributed by atoms with Crippen molar-refractivity contribution in [2.24, 2.45) is 0 Å². The van der Waals surface area contributed by atoms with E-state index in [0.717, 1.165) is 30.7 Å². The Labute approximate surface area is 117 Å². The number of alkyl halides is 1. The van der Waals surface area contributed by atoms with Crippen molar-refractivity contribution in [1.82, 2.24) is 4.98 Å². The summed E-state index contributed by atoms with van der Waals surface area (Å²) in [4.78, 5) is 5.26. The molecule has 1 atom stereocenters. The number of fused-ring (bicyclic) bond motifs is 1. The second-order valence-corrected chi connectivity index (χ2v) is 5.86. The van der Waals surface area contributed by atoms with Gasteiger partial charge in [-0.05, 0) is 37.5 Å². The summed E-state index contributed by atoms with van der Waals surface area (Å²) in [5.74, 6) is 1.00. The SMILES string of the molecule is CCC(Br)CCNc1nc2ccccc2cc1C. The Morgan fingerprint density at radius 2 is 2.11 bits per heavy atom. The van der Waals surface area contributed by atoms with Crippen LogP contribution in [0.25, 0.3) is 10.9 Å². The maximum absolute atomic E-state index is 4.67. The normalized spacial score (nSPS) is 12.6. The van der Waals surface area contributed by atoms with E-state index in [9.17, 15) is 0 Å². The first-order valence-corrected chi connectivity index (χ1v) is 7.36. The van der Waals surface area contributed by atoms with Crippen LogP contribution < -0.4 is 5.32 Å². The molecular weight excluding hydrogens is 288 g/mol. The molecule has 1 aromatic heterocycles. The van der Waals surface area contributed by atoms with Crippen LogP contribution in [-0.2, 0) is 0 Å². The maximum atomic E-state index is 4.67. The molecule has 1 heterocycles. The highest BCUT2D eigenvalue weighted by atomic mass is 79.9. The number of benzene rings is 1. The molecule has 96 valence electrons. The van der Waals surface area contributed by atoms with Crippen LogP contribution in [0.1, 0.15) is 25.3 Å². The lowest BCUT2D eigenvalue weighted by molar-refractivity contribution is 0.773. The van der Waals surface area contributed by atoms with Gasteiger partial charge >= 0.3 is 0 Å². The zero-order valence-electron chi connectivity index (χ0n) is 10.9. The van der Waals surface area contributed by atoms with Crippen molar-refractivity contribution in [1.29, 1.82) is 0 Å². The van der Waals surface area contributed by atoms with Gasteiger partial charge in [-0.2, -0.15) is 0 Å². The van der Waals surface area contributed by atoms with Gasteiger partial charge in [0.25, 0.3) is 0 Å². The van der Waals surface area contributed by atoms with Gasteiger partial charge in [-0.25, -0.2) is 4.98 Å². The van der Waals surface area contributed by atoms with Crippen molar-refractivity contribution in [2.75, 3.05) is 11.9 Å². The second-order valence-electron chi connectivity index (χ2n) is 4.57. The topological polar surface area (TPSA) is 24.9 Å². The van der Waals surface area contributed by atoms with Crippen LogP contribution >= 0.6 is 15.9 Å². The molecule has 0 aliphatic heterocycles. The molecule has 18 heavy (non-hydrogen) atoms. The molecule has 0 amide bonds. The zero-order valence-corrected chi connectivity index (χ0v) is 12.5. The summed E-state index contributed by atoms with van der Waals surface area (Å²) in [6.45, 7) is 5.25. The van der Waals surface area contributed by atoms with Crippen LogP contribution in [0.4, 0.5) is 5.82 Å². The van der Waals surface area contributed by atoms with Crippen LogP contribution in [0.15, 0.2) is 30.3 Å². The minimum atomic E-state index is 0.589. The van der Waals surface area contributed by atoms with E-state index in [1.54, 1.807) is 0 Å². The molecule has 0 fully saturated rings. The number of hydrogen-bond acceptors (Lipinski definition) is 2. The van der Waals surface area contributed by atoms with Gasteiger partial charge in [0.15, 0.2) is 0 Å². The predicted octanol–water partition coefficient (Wildman–Crippen LogP) is 4.52. The van der Waals surface area contributed by atoms with Crippen molar-refractivity contribution in [3.05, 3.63) is 35.9 Å². The van der Waals surface area contributed by atoms with E-state index in [4.69, 9.17) is 0 Å². The summed E-state index contributed by atoms with van der Waals surface area (Å²) in [5, 5.41) is 4.63. The van der Waals surface area contributed by atoms with Crippen molar-refractivity contribution in [2.45, 2.75) is 31.5 Å². The van der Waals surface area contributed by atoms with Crippen LogP contribution in [-0.4, -0.2) is 16.4 Å². The highest BCUT2D eigenvalue weighted by molar-refractivity contribution is 9.09.